The van der Waals surface area contributed by atoms with E-state index in [1.807, 2.05) is 56.3 Å². The molecule has 1 saturated heterocycles. The summed E-state index contributed by atoms with van der Waals surface area (Å²) in [4.78, 5) is 20.7. The second-order valence-corrected chi connectivity index (χ2v) is 9.35. The molecule has 1 heterocycles. The molecule has 5 rings (SSSR count). The number of aryl methyl sites for hydroxylation is 1. The van der Waals surface area contributed by atoms with Crippen LogP contribution in [-0.2, 0) is 4.79 Å². The molecule has 4 aromatic rings. The Hall–Kier alpha value is -3.37. The second-order valence-electron chi connectivity index (χ2n) is 8.34. The number of carbonyl (C=O) groups is 1. The molecule has 1 aliphatic rings. The zero-order chi connectivity index (χ0) is 22.2. The average molecular weight is 437 g/mol. The molecule has 0 atom stereocenters. The van der Waals surface area contributed by atoms with Crippen LogP contribution in [0, 0.1) is 6.92 Å². The summed E-state index contributed by atoms with van der Waals surface area (Å²) < 4.78 is 0. The summed E-state index contributed by atoms with van der Waals surface area (Å²) in [6.45, 7) is 6.11. The van der Waals surface area contributed by atoms with Crippen LogP contribution < -0.4 is 0 Å². The fourth-order valence-corrected chi connectivity index (χ4v) is 5.19. The molecule has 0 aromatic heterocycles. The van der Waals surface area contributed by atoms with Crippen LogP contribution in [0.2, 0.25) is 0 Å². The quantitative estimate of drug-likeness (QED) is 0.249. The van der Waals surface area contributed by atoms with Gasteiger partial charge in [0.15, 0.2) is 5.17 Å². The van der Waals surface area contributed by atoms with Gasteiger partial charge >= 0.3 is 0 Å². The summed E-state index contributed by atoms with van der Waals surface area (Å²) >= 11 is 1.45. The van der Waals surface area contributed by atoms with Crippen molar-refractivity contribution in [3.8, 4) is 0 Å². The highest BCUT2D eigenvalue weighted by Gasteiger charge is 2.35. The number of nitrogens with zero attached hydrogens (tertiary/aromatic N) is 2. The van der Waals surface area contributed by atoms with E-state index < -0.39 is 0 Å². The van der Waals surface area contributed by atoms with Gasteiger partial charge in [0.25, 0.3) is 5.91 Å². The van der Waals surface area contributed by atoms with Gasteiger partial charge in [-0.05, 0) is 83.9 Å². The summed E-state index contributed by atoms with van der Waals surface area (Å²) in [6, 6.07) is 27.0. The van der Waals surface area contributed by atoms with E-state index >= 15 is 0 Å². The van der Waals surface area contributed by atoms with E-state index in [-0.39, 0.29) is 11.9 Å². The minimum absolute atomic E-state index is 0.00729. The van der Waals surface area contributed by atoms with Gasteiger partial charge in [-0.15, -0.1) is 0 Å². The van der Waals surface area contributed by atoms with Gasteiger partial charge in [0, 0.05) is 6.04 Å². The lowest BCUT2D eigenvalue weighted by atomic mass is 9.96. The Kier molecular flexibility index (Phi) is 5.32. The van der Waals surface area contributed by atoms with Crippen LogP contribution in [0.25, 0.3) is 27.6 Å². The minimum atomic E-state index is 0.00729. The van der Waals surface area contributed by atoms with E-state index in [1.54, 1.807) is 4.90 Å². The van der Waals surface area contributed by atoms with Crippen LogP contribution >= 0.6 is 11.8 Å². The lowest BCUT2D eigenvalue weighted by Gasteiger charge is -2.19. The first-order valence-corrected chi connectivity index (χ1v) is 11.6. The molecule has 0 radical (unpaired) electrons. The van der Waals surface area contributed by atoms with E-state index in [0.29, 0.717) is 4.91 Å². The molecule has 4 heteroatoms. The Bertz CT molecular complexity index is 1350. The molecule has 0 spiro atoms. The average Bonchev–Trinajstić information content (AvgIpc) is 3.10. The lowest BCUT2D eigenvalue weighted by molar-refractivity contribution is -0.123. The standard InChI is InChI=1S/C28H24N2OS/c1-18(2)30-27(31)26(32-28(30)29-22-14-12-19(3)13-15-22)17-25-23-10-6-4-8-20(23)16-21-9-5-7-11-24(21)25/h4-18H,1-3H3/b26-17+,29-28?. The number of aliphatic imine (C=N–C) groups is 1. The van der Waals surface area contributed by atoms with Crippen LogP contribution in [0.3, 0.4) is 0 Å². The topological polar surface area (TPSA) is 32.7 Å². The molecule has 0 saturated carbocycles. The number of carbonyl (C=O) groups excluding carboxylic acids is 1. The maximum Gasteiger partial charge on any atom is 0.266 e. The molecule has 0 bridgehead atoms. The first-order valence-electron chi connectivity index (χ1n) is 10.8. The predicted molar refractivity (Wildman–Crippen MR) is 137 cm³/mol. The molecular formula is C28H24N2OS. The molecule has 158 valence electrons. The number of amides is 1. The van der Waals surface area contributed by atoms with Gasteiger partial charge in [-0.25, -0.2) is 4.99 Å². The van der Waals surface area contributed by atoms with Crippen molar-refractivity contribution < 1.29 is 4.79 Å². The Morgan fingerprint density at radius 3 is 2.06 bits per heavy atom. The molecular weight excluding hydrogens is 412 g/mol. The van der Waals surface area contributed by atoms with E-state index in [4.69, 9.17) is 4.99 Å². The number of benzene rings is 4. The maximum atomic E-state index is 13.4. The SMILES string of the molecule is Cc1ccc(N=C2S/C(=C/c3c4ccccc4cc4ccccc34)C(=O)N2C(C)C)cc1. The van der Waals surface area contributed by atoms with Gasteiger partial charge < -0.3 is 0 Å². The smallest absolute Gasteiger partial charge is 0.266 e. The Morgan fingerprint density at radius 2 is 1.47 bits per heavy atom. The summed E-state index contributed by atoms with van der Waals surface area (Å²) in [6.07, 6.45) is 2.05. The molecule has 0 aliphatic carbocycles. The third-order valence-electron chi connectivity index (χ3n) is 5.70. The van der Waals surface area contributed by atoms with Gasteiger partial charge in [0.05, 0.1) is 10.6 Å². The zero-order valence-electron chi connectivity index (χ0n) is 18.4. The summed E-state index contributed by atoms with van der Waals surface area (Å²) in [7, 11) is 0. The van der Waals surface area contributed by atoms with E-state index in [2.05, 4.69) is 49.4 Å². The number of amidine groups is 1. The number of fused-ring (bicyclic) bond motifs is 2. The van der Waals surface area contributed by atoms with Crippen molar-refractivity contribution in [2.24, 2.45) is 4.99 Å². The Morgan fingerprint density at radius 1 is 0.875 bits per heavy atom. The van der Waals surface area contributed by atoms with Gasteiger partial charge in [-0.3, -0.25) is 9.69 Å². The van der Waals surface area contributed by atoms with Crippen molar-refractivity contribution in [1.29, 1.82) is 0 Å². The molecule has 0 N–H and O–H groups in total. The number of thioether (sulfide) groups is 1. The molecule has 4 aromatic carbocycles. The second kappa shape index (κ2) is 8.29. The van der Waals surface area contributed by atoms with Crippen LogP contribution in [-0.4, -0.2) is 22.0 Å². The summed E-state index contributed by atoms with van der Waals surface area (Å²) in [5, 5.41) is 5.36. The third kappa shape index (κ3) is 3.71. The van der Waals surface area contributed by atoms with E-state index in [9.17, 15) is 4.79 Å². The van der Waals surface area contributed by atoms with Gasteiger partial charge in [-0.1, -0.05) is 66.2 Å². The summed E-state index contributed by atoms with van der Waals surface area (Å²) in [5.41, 5.74) is 3.12. The fraction of sp³-hybridized carbons (Fsp3) is 0.143. The van der Waals surface area contributed by atoms with Gasteiger partial charge in [-0.2, -0.15) is 0 Å². The fourth-order valence-electron chi connectivity index (χ4n) is 4.09. The monoisotopic (exact) mass is 436 g/mol. The number of rotatable bonds is 3. The first-order chi connectivity index (χ1) is 15.5. The molecule has 1 fully saturated rings. The zero-order valence-corrected chi connectivity index (χ0v) is 19.2. The van der Waals surface area contributed by atoms with Crippen molar-refractivity contribution in [3.63, 3.8) is 0 Å². The minimum Gasteiger partial charge on any atom is -0.284 e. The van der Waals surface area contributed by atoms with Gasteiger partial charge in [0.1, 0.15) is 0 Å². The number of hydrogen-bond acceptors (Lipinski definition) is 3. The van der Waals surface area contributed by atoms with Crippen molar-refractivity contribution >= 4 is 56.1 Å². The Balaban J connectivity index is 1.66. The van der Waals surface area contributed by atoms with Crippen LogP contribution in [0.15, 0.2) is 88.8 Å². The van der Waals surface area contributed by atoms with E-state index in [1.165, 1.54) is 28.1 Å². The summed E-state index contributed by atoms with van der Waals surface area (Å²) in [5.74, 6) is 0.00729. The maximum absolute atomic E-state index is 13.4. The molecule has 1 amide bonds. The largest absolute Gasteiger partial charge is 0.284 e. The first kappa shape index (κ1) is 20.5. The normalized spacial score (nSPS) is 16.9. The van der Waals surface area contributed by atoms with Crippen LogP contribution in [0.5, 0.6) is 0 Å². The molecule has 3 nitrogen and oxygen atoms in total. The molecule has 32 heavy (non-hydrogen) atoms. The molecule has 0 unspecified atom stereocenters. The van der Waals surface area contributed by atoms with Crippen molar-refractivity contribution in [1.82, 2.24) is 4.90 Å². The lowest BCUT2D eigenvalue weighted by Crippen LogP contribution is -2.35. The highest BCUT2D eigenvalue weighted by Crippen LogP contribution is 2.38. The van der Waals surface area contributed by atoms with Crippen LogP contribution in [0.1, 0.15) is 25.0 Å². The Labute approximate surface area is 192 Å². The third-order valence-corrected chi connectivity index (χ3v) is 6.68. The van der Waals surface area contributed by atoms with E-state index in [0.717, 1.165) is 27.2 Å². The highest BCUT2D eigenvalue weighted by atomic mass is 32.2. The van der Waals surface area contributed by atoms with Gasteiger partial charge in [0.2, 0.25) is 0 Å². The predicted octanol–water partition coefficient (Wildman–Crippen LogP) is 7.31. The van der Waals surface area contributed by atoms with Crippen molar-refractivity contribution in [2.45, 2.75) is 26.8 Å². The highest BCUT2D eigenvalue weighted by molar-refractivity contribution is 8.18. The molecule has 1 aliphatic heterocycles. The van der Waals surface area contributed by atoms with Crippen LogP contribution in [0.4, 0.5) is 5.69 Å². The number of hydrogen-bond donors (Lipinski definition) is 0. The van der Waals surface area contributed by atoms with Crippen molar-refractivity contribution in [2.75, 3.05) is 0 Å². The van der Waals surface area contributed by atoms with Crippen molar-refractivity contribution in [3.05, 3.63) is 94.9 Å².